The van der Waals surface area contributed by atoms with Crippen LogP contribution in [0.3, 0.4) is 0 Å². The monoisotopic (exact) mass is 601 g/mol. The Morgan fingerprint density at radius 2 is 1.67 bits per heavy atom. The quantitative estimate of drug-likeness (QED) is 0.206. The molecule has 2 aliphatic rings. The van der Waals surface area contributed by atoms with E-state index in [0.29, 0.717) is 24.9 Å². The summed E-state index contributed by atoms with van der Waals surface area (Å²) in [6.07, 6.45) is -2.67. The van der Waals surface area contributed by atoms with Crippen LogP contribution in [0.1, 0.15) is 42.1 Å². The highest BCUT2D eigenvalue weighted by Gasteiger charge is 2.57. The summed E-state index contributed by atoms with van der Waals surface area (Å²) in [4.78, 5) is 37.3. The predicted molar refractivity (Wildman–Crippen MR) is 151 cm³/mol. The average molecular weight is 602 g/mol. The van der Waals surface area contributed by atoms with Gasteiger partial charge in [0.15, 0.2) is 12.4 Å². The van der Waals surface area contributed by atoms with Gasteiger partial charge in [0.05, 0.1) is 19.3 Å². The number of alkyl carbamates (subject to hydrolysis) is 1. The molecular weight excluding hydrogens is 562 g/mol. The van der Waals surface area contributed by atoms with Crippen molar-refractivity contribution in [2.75, 3.05) is 34.0 Å². The Balaban J connectivity index is 1.30. The normalized spacial score (nSPS) is 26.5. The summed E-state index contributed by atoms with van der Waals surface area (Å²) in [6, 6.07) is 18.0. The molecule has 6 atom stereocenters. The SMILES string of the molecule is COC(=O)[C@@]1(C)OC[C@H]2O[C@@H](OCCCCCNC(=O)OCc3ccccc3)[C@H](OC(=O)c3ccccc3)[C@@H](OC)[C@@H]2O1. The predicted octanol–water partition coefficient (Wildman–Crippen LogP) is 3.37. The summed E-state index contributed by atoms with van der Waals surface area (Å²) in [6.45, 7) is 2.40. The lowest BCUT2D eigenvalue weighted by molar-refractivity contribution is -0.380. The lowest BCUT2D eigenvalue weighted by atomic mass is 9.96. The third-order valence-corrected chi connectivity index (χ3v) is 7.14. The first-order chi connectivity index (χ1) is 20.8. The van der Waals surface area contributed by atoms with Gasteiger partial charge in [0, 0.05) is 27.2 Å². The Morgan fingerprint density at radius 3 is 2.37 bits per heavy atom. The van der Waals surface area contributed by atoms with Crippen LogP contribution in [0.5, 0.6) is 0 Å². The molecule has 1 amide bonds. The third kappa shape index (κ3) is 8.74. The zero-order chi connectivity index (χ0) is 30.7. The molecular formula is C31H39NO11. The lowest BCUT2D eigenvalue weighted by Gasteiger charge is -2.49. The number of ether oxygens (including phenoxy) is 8. The molecule has 2 heterocycles. The summed E-state index contributed by atoms with van der Waals surface area (Å²) in [5.74, 6) is -2.98. The van der Waals surface area contributed by atoms with E-state index in [2.05, 4.69) is 5.32 Å². The fourth-order valence-electron chi connectivity index (χ4n) is 4.84. The van der Waals surface area contributed by atoms with Gasteiger partial charge in [0.2, 0.25) is 0 Å². The summed E-state index contributed by atoms with van der Waals surface area (Å²) in [5.41, 5.74) is 1.26. The number of unbranched alkanes of at least 4 members (excludes halogenated alkanes) is 2. The molecule has 2 aromatic rings. The zero-order valence-corrected chi connectivity index (χ0v) is 24.6. The van der Waals surface area contributed by atoms with E-state index in [-0.39, 0.29) is 19.8 Å². The fraction of sp³-hybridized carbons (Fsp3) is 0.516. The molecule has 2 aromatic carbocycles. The van der Waals surface area contributed by atoms with E-state index < -0.39 is 54.5 Å². The fourth-order valence-corrected chi connectivity index (χ4v) is 4.84. The van der Waals surface area contributed by atoms with Gasteiger partial charge in [-0.05, 0) is 37.0 Å². The van der Waals surface area contributed by atoms with Crippen LogP contribution in [0.15, 0.2) is 60.7 Å². The Bertz CT molecular complexity index is 1180. The zero-order valence-electron chi connectivity index (χ0n) is 24.6. The van der Waals surface area contributed by atoms with Crippen molar-refractivity contribution in [1.82, 2.24) is 5.32 Å². The first kappa shape index (κ1) is 32.4. The van der Waals surface area contributed by atoms with Crippen LogP contribution in [-0.2, 0) is 49.3 Å². The minimum Gasteiger partial charge on any atom is -0.465 e. The van der Waals surface area contributed by atoms with Crippen LogP contribution in [0.4, 0.5) is 4.79 Å². The number of benzene rings is 2. The maximum Gasteiger partial charge on any atom is 0.407 e. The average Bonchev–Trinajstić information content (AvgIpc) is 3.04. The van der Waals surface area contributed by atoms with E-state index in [4.69, 9.17) is 37.9 Å². The molecule has 2 saturated heterocycles. The van der Waals surface area contributed by atoms with Crippen LogP contribution >= 0.6 is 0 Å². The van der Waals surface area contributed by atoms with Crippen LogP contribution in [0.25, 0.3) is 0 Å². The number of methoxy groups -OCH3 is 2. The molecule has 2 fully saturated rings. The molecule has 12 heteroatoms. The molecule has 0 bridgehead atoms. The van der Waals surface area contributed by atoms with E-state index in [1.54, 1.807) is 30.3 Å². The lowest BCUT2D eigenvalue weighted by Crippen LogP contribution is -2.67. The molecule has 0 unspecified atom stereocenters. The molecule has 0 aliphatic carbocycles. The number of fused-ring (bicyclic) bond motifs is 1. The first-order valence-corrected chi connectivity index (χ1v) is 14.2. The van der Waals surface area contributed by atoms with Crippen molar-refractivity contribution in [3.63, 3.8) is 0 Å². The van der Waals surface area contributed by atoms with Crippen LogP contribution < -0.4 is 5.32 Å². The highest BCUT2D eigenvalue weighted by atomic mass is 16.8. The summed E-state index contributed by atoms with van der Waals surface area (Å²) < 4.78 is 45.5. The molecule has 43 heavy (non-hydrogen) atoms. The molecule has 234 valence electrons. The van der Waals surface area contributed by atoms with Crippen LogP contribution in [-0.4, -0.2) is 88.5 Å². The van der Waals surface area contributed by atoms with Crippen LogP contribution in [0, 0.1) is 0 Å². The van der Waals surface area contributed by atoms with E-state index >= 15 is 0 Å². The molecule has 4 rings (SSSR count). The number of rotatable bonds is 13. The van der Waals surface area contributed by atoms with E-state index in [0.717, 1.165) is 12.0 Å². The van der Waals surface area contributed by atoms with Crippen molar-refractivity contribution in [2.45, 2.75) is 69.3 Å². The number of hydrogen-bond acceptors (Lipinski definition) is 11. The maximum absolute atomic E-state index is 13.0. The topological polar surface area (TPSA) is 137 Å². The summed E-state index contributed by atoms with van der Waals surface area (Å²) in [5, 5.41) is 2.74. The van der Waals surface area contributed by atoms with E-state index in [9.17, 15) is 14.4 Å². The van der Waals surface area contributed by atoms with Gasteiger partial charge in [0.25, 0.3) is 5.79 Å². The molecule has 0 spiro atoms. The maximum atomic E-state index is 13.0. The van der Waals surface area contributed by atoms with E-state index in [1.807, 2.05) is 30.3 Å². The van der Waals surface area contributed by atoms with Gasteiger partial charge in [-0.25, -0.2) is 14.4 Å². The highest BCUT2D eigenvalue weighted by molar-refractivity contribution is 5.89. The number of hydrogen-bond donors (Lipinski definition) is 1. The minimum absolute atomic E-state index is 0.00137. The van der Waals surface area contributed by atoms with Gasteiger partial charge in [0.1, 0.15) is 24.9 Å². The molecule has 0 saturated carbocycles. The Morgan fingerprint density at radius 1 is 0.953 bits per heavy atom. The van der Waals surface area contributed by atoms with Gasteiger partial charge < -0.3 is 43.2 Å². The third-order valence-electron chi connectivity index (χ3n) is 7.14. The second-order valence-corrected chi connectivity index (χ2v) is 10.2. The van der Waals surface area contributed by atoms with Crippen molar-refractivity contribution in [2.24, 2.45) is 0 Å². The summed E-state index contributed by atoms with van der Waals surface area (Å²) in [7, 11) is 2.69. The largest absolute Gasteiger partial charge is 0.465 e. The second kappa shape index (κ2) is 15.8. The molecule has 0 radical (unpaired) electrons. The van der Waals surface area contributed by atoms with Crippen molar-refractivity contribution in [3.05, 3.63) is 71.8 Å². The number of carbonyl (C=O) groups is 3. The Kier molecular flexibility index (Phi) is 11.9. The number of nitrogens with one attached hydrogen (secondary N) is 1. The molecule has 12 nitrogen and oxygen atoms in total. The highest BCUT2D eigenvalue weighted by Crippen LogP contribution is 2.36. The van der Waals surface area contributed by atoms with E-state index in [1.165, 1.54) is 21.1 Å². The van der Waals surface area contributed by atoms with Crippen LogP contribution in [0.2, 0.25) is 0 Å². The second-order valence-electron chi connectivity index (χ2n) is 10.2. The van der Waals surface area contributed by atoms with Gasteiger partial charge in [-0.2, -0.15) is 0 Å². The van der Waals surface area contributed by atoms with Gasteiger partial charge in [-0.15, -0.1) is 0 Å². The number of amides is 1. The smallest absolute Gasteiger partial charge is 0.407 e. The van der Waals surface area contributed by atoms with Crippen molar-refractivity contribution >= 4 is 18.0 Å². The van der Waals surface area contributed by atoms with Crippen molar-refractivity contribution in [1.29, 1.82) is 0 Å². The Hall–Kier alpha value is -3.55. The molecule has 0 aromatic heterocycles. The minimum atomic E-state index is -1.68. The number of carbonyl (C=O) groups excluding carboxylic acids is 3. The first-order valence-electron chi connectivity index (χ1n) is 14.2. The standard InChI is InChI=1S/C31H39NO11/c1-31(29(34)37-3)40-20-23-24(43-31)25(36-2)26(42-27(33)22-15-9-5-10-16-22)28(41-23)38-18-12-6-11-17-32-30(35)39-19-21-13-7-4-8-14-21/h4-5,7-10,13-16,23-26,28H,6,11-12,17-20H2,1-3H3,(H,32,35)/t23-,24-,25+,26-,28-,31+/m1/s1. The van der Waals surface area contributed by atoms with Gasteiger partial charge in [-0.3, -0.25) is 0 Å². The van der Waals surface area contributed by atoms with Gasteiger partial charge >= 0.3 is 18.0 Å². The van der Waals surface area contributed by atoms with Crippen molar-refractivity contribution < 1.29 is 52.3 Å². The van der Waals surface area contributed by atoms with Crippen molar-refractivity contribution in [3.8, 4) is 0 Å². The molecule has 2 aliphatic heterocycles. The Labute approximate surface area is 250 Å². The molecule has 1 N–H and O–H groups in total. The summed E-state index contributed by atoms with van der Waals surface area (Å²) >= 11 is 0. The number of esters is 2. The van der Waals surface area contributed by atoms with Gasteiger partial charge in [-0.1, -0.05) is 48.5 Å².